The molecule has 6 nitrogen and oxygen atoms in total. The predicted octanol–water partition coefficient (Wildman–Crippen LogP) is 5.06. The Kier molecular flexibility index (Phi) is 8.55. The van der Waals surface area contributed by atoms with E-state index in [0.717, 1.165) is 28.4 Å². The van der Waals surface area contributed by atoms with Crippen molar-refractivity contribution < 1.29 is 14.3 Å². The van der Waals surface area contributed by atoms with Gasteiger partial charge in [-0.15, -0.1) is 11.3 Å². The third kappa shape index (κ3) is 6.58. The second-order valence-electron chi connectivity index (χ2n) is 8.67. The Morgan fingerprint density at radius 2 is 1.68 bits per heavy atom. The number of aromatic nitrogens is 1. The van der Waals surface area contributed by atoms with Gasteiger partial charge in [0.05, 0.1) is 26.3 Å². The molecule has 1 aromatic heterocycles. The molecule has 0 spiro atoms. The van der Waals surface area contributed by atoms with E-state index in [1.54, 1.807) is 14.2 Å². The van der Waals surface area contributed by atoms with E-state index in [-0.39, 0.29) is 12.3 Å². The zero-order valence-corrected chi connectivity index (χ0v) is 20.8. The summed E-state index contributed by atoms with van der Waals surface area (Å²) in [6.45, 7) is 3.93. The van der Waals surface area contributed by atoms with Crippen LogP contribution < -0.4 is 14.8 Å². The fourth-order valence-electron chi connectivity index (χ4n) is 4.23. The first-order valence-electron chi connectivity index (χ1n) is 11.9. The summed E-state index contributed by atoms with van der Waals surface area (Å²) in [6.07, 6.45) is 5.58. The van der Waals surface area contributed by atoms with Crippen molar-refractivity contribution in [2.75, 3.05) is 27.3 Å². The molecule has 1 aliphatic heterocycles. The fourth-order valence-corrected chi connectivity index (χ4v) is 5.05. The Morgan fingerprint density at radius 3 is 2.38 bits per heavy atom. The Labute approximate surface area is 205 Å². The van der Waals surface area contributed by atoms with E-state index in [1.807, 2.05) is 23.6 Å². The van der Waals surface area contributed by atoms with Crippen LogP contribution in [0.4, 0.5) is 0 Å². The normalized spacial score (nSPS) is 14.4. The Morgan fingerprint density at radius 1 is 0.971 bits per heavy atom. The number of carbonyl (C=O) groups is 1. The first-order chi connectivity index (χ1) is 16.6. The average Bonchev–Trinajstić information content (AvgIpc) is 3.17. The largest absolute Gasteiger partial charge is 0.493 e. The van der Waals surface area contributed by atoms with Crippen LogP contribution in [-0.2, 0) is 24.3 Å². The second-order valence-corrected chi connectivity index (χ2v) is 9.53. The van der Waals surface area contributed by atoms with Crippen LogP contribution in [0.1, 0.15) is 42.5 Å². The summed E-state index contributed by atoms with van der Waals surface area (Å²) in [7, 11) is 3.23. The van der Waals surface area contributed by atoms with Gasteiger partial charge in [0.1, 0.15) is 5.01 Å². The molecule has 1 saturated heterocycles. The Hall–Kier alpha value is -2.90. The third-order valence-electron chi connectivity index (χ3n) is 6.14. The highest BCUT2D eigenvalue weighted by Crippen LogP contribution is 2.33. The number of rotatable bonds is 9. The van der Waals surface area contributed by atoms with Crippen molar-refractivity contribution >= 4 is 17.2 Å². The van der Waals surface area contributed by atoms with Gasteiger partial charge in [-0.05, 0) is 55.3 Å². The van der Waals surface area contributed by atoms with E-state index >= 15 is 0 Å². The molecule has 0 radical (unpaired) electrons. The van der Waals surface area contributed by atoms with E-state index in [1.165, 1.54) is 55.7 Å². The van der Waals surface area contributed by atoms with Crippen LogP contribution in [0.2, 0.25) is 0 Å². The molecule has 1 fully saturated rings. The number of nitrogens with one attached hydrogen (secondary N) is 1. The van der Waals surface area contributed by atoms with Crippen LogP contribution in [-0.4, -0.2) is 43.1 Å². The summed E-state index contributed by atoms with van der Waals surface area (Å²) in [5.74, 6) is 1.31. The maximum Gasteiger partial charge on any atom is 0.226 e. The highest BCUT2D eigenvalue weighted by molar-refractivity contribution is 7.13. The lowest BCUT2D eigenvalue weighted by molar-refractivity contribution is -0.120. The summed E-state index contributed by atoms with van der Waals surface area (Å²) in [5, 5.41) is 5.80. The van der Waals surface area contributed by atoms with Crippen molar-refractivity contribution in [1.82, 2.24) is 15.2 Å². The van der Waals surface area contributed by atoms with E-state index in [4.69, 9.17) is 9.47 Å². The van der Waals surface area contributed by atoms with Crippen LogP contribution in [0.3, 0.4) is 0 Å². The van der Waals surface area contributed by atoms with Crippen molar-refractivity contribution in [2.24, 2.45) is 0 Å². The highest BCUT2D eigenvalue weighted by atomic mass is 32.1. The van der Waals surface area contributed by atoms with Gasteiger partial charge in [-0.3, -0.25) is 9.69 Å². The number of hydrogen-bond acceptors (Lipinski definition) is 6. The van der Waals surface area contributed by atoms with E-state index < -0.39 is 0 Å². The van der Waals surface area contributed by atoms with Gasteiger partial charge in [0, 0.05) is 24.0 Å². The fraction of sp³-hybridized carbons (Fsp3) is 0.407. The summed E-state index contributed by atoms with van der Waals surface area (Å²) in [4.78, 5) is 19.7. The molecule has 3 aromatic rings. The lowest BCUT2D eigenvalue weighted by atomic mass is 10.1. The SMILES string of the molecule is COc1ccc(-c2nc(CC(=O)NCc3ccc(CN4CCCCCC4)cc3)cs2)cc1OC. The van der Waals surface area contributed by atoms with Crippen LogP contribution in [0, 0.1) is 0 Å². The maximum atomic E-state index is 12.5. The van der Waals surface area contributed by atoms with Gasteiger partial charge >= 0.3 is 0 Å². The van der Waals surface area contributed by atoms with Crippen molar-refractivity contribution in [1.29, 1.82) is 0 Å². The molecule has 0 bridgehead atoms. The number of benzene rings is 2. The monoisotopic (exact) mass is 479 g/mol. The van der Waals surface area contributed by atoms with Gasteiger partial charge in [-0.25, -0.2) is 4.98 Å². The molecule has 34 heavy (non-hydrogen) atoms. The minimum atomic E-state index is -0.0298. The van der Waals surface area contributed by atoms with Gasteiger partial charge in [0.25, 0.3) is 0 Å². The van der Waals surface area contributed by atoms with Crippen molar-refractivity contribution in [3.05, 3.63) is 64.7 Å². The molecular weight excluding hydrogens is 446 g/mol. The van der Waals surface area contributed by atoms with Crippen molar-refractivity contribution in [2.45, 2.75) is 45.2 Å². The van der Waals surface area contributed by atoms with Crippen LogP contribution >= 0.6 is 11.3 Å². The molecule has 1 N–H and O–H groups in total. The molecule has 0 saturated carbocycles. The standard InChI is InChI=1S/C27H33N3O3S/c1-32-24-12-11-22(15-25(24)33-2)27-29-23(19-34-27)16-26(31)28-17-20-7-9-21(10-8-20)18-30-13-5-3-4-6-14-30/h7-12,15,19H,3-6,13-14,16-18H2,1-2H3,(H,28,31). The first-order valence-corrected chi connectivity index (χ1v) is 12.8. The molecule has 4 rings (SSSR count). The zero-order chi connectivity index (χ0) is 23.8. The minimum Gasteiger partial charge on any atom is -0.493 e. The van der Waals surface area contributed by atoms with Gasteiger partial charge < -0.3 is 14.8 Å². The number of thiazole rings is 1. The number of amides is 1. The first kappa shape index (κ1) is 24.2. The summed E-state index contributed by atoms with van der Waals surface area (Å²) >= 11 is 1.52. The quantitative estimate of drug-likeness (QED) is 0.465. The maximum absolute atomic E-state index is 12.5. The van der Waals surface area contributed by atoms with Crippen molar-refractivity contribution in [3.63, 3.8) is 0 Å². The molecule has 0 aliphatic carbocycles. The van der Waals surface area contributed by atoms with E-state index in [9.17, 15) is 4.79 Å². The van der Waals surface area contributed by atoms with Gasteiger partial charge in [-0.2, -0.15) is 0 Å². The van der Waals surface area contributed by atoms with Crippen LogP contribution in [0.5, 0.6) is 11.5 Å². The van der Waals surface area contributed by atoms with Crippen LogP contribution in [0.15, 0.2) is 47.8 Å². The third-order valence-corrected chi connectivity index (χ3v) is 7.08. The number of hydrogen-bond donors (Lipinski definition) is 1. The number of likely N-dealkylation sites (tertiary alicyclic amines) is 1. The summed E-state index contributed by atoms with van der Waals surface area (Å²) < 4.78 is 10.7. The highest BCUT2D eigenvalue weighted by Gasteiger charge is 2.12. The minimum absolute atomic E-state index is 0.0298. The topological polar surface area (TPSA) is 63.7 Å². The molecular formula is C27H33N3O3S. The van der Waals surface area contributed by atoms with Gasteiger partial charge in [0.2, 0.25) is 5.91 Å². The molecule has 2 aromatic carbocycles. The second kappa shape index (κ2) is 12.0. The lowest BCUT2D eigenvalue weighted by Crippen LogP contribution is -2.25. The Balaban J connectivity index is 1.27. The number of methoxy groups -OCH3 is 2. The molecule has 0 atom stereocenters. The van der Waals surface area contributed by atoms with E-state index in [0.29, 0.717) is 18.0 Å². The number of carbonyl (C=O) groups excluding carboxylic acids is 1. The Bertz CT molecular complexity index is 1070. The molecule has 2 heterocycles. The molecule has 7 heteroatoms. The smallest absolute Gasteiger partial charge is 0.226 e. The molecule has 180 valence electrons. The zero-order valence-electron chi connectivity index (χ0n) is 20.0. The molecule has 1 aliphatic rings. The number of nitrogens with zero attached hydrogens (tertiary/aromatic N) is 2. The average molecular weight is 480 g/mol. The van der Waals surface area contributed by atoms with Crippen LogP contribution in [0.25, 0.3) is 10.6 Å². The summed E-state index contributed by atoms with van der Waals surface area (Å²) in [5.41, 5.74) is 4.15. The molecule has 0 unspecified atom stereocenters. The van der Waals surface area contributed by atoms with Crippen molar-refractivity contribution in [3.8, 4) is 22.1 Å². The van der Waals surface area contributed by atoms with Gasteiger partial charge in [0.15, 0.2) is 11.5 Å². The van der Waals surface area contributed by atoms with E-state index in [2.05, 4.69) is 39.5 Å². The van der Waals surface area contributed by atoms with Gasteiger partial charge in [-0.1, -0.05) is 37.1 Å². The molecule has 1 amide bonds. The summed E-state index contributed by atoms with van der Waals surface area (Å²) in [6, 6.07) is 14.3. The number of ether oxygens (including phenoxy) is 2. The predicted molar refractivity (Wildman–Crippen MR) is 136 cm³/mol. The lowest BCUT2D eigenvalue weighted by Gasteiger charge is -2.19.